The Balaban J connectivity index is 1.88. The number of anilines is 4. The van der Waals surface area contributed by atoms with Crippen molar-refractivity contribution < 1.29 is 9.90 Å². The molecule has 8 nitrogen and oxygen atoms in total. The number of aliphatic hydroxyl groups is 1. The second-order valence-electron chi connectivity index (χ2n) is 6.29. The molecule has 0 aliphatic heterocycles. The summed E-state index contributed by atoms with van der Waals surface area (Å²) in [6.45, 7) is 3.27. The zero-order valence-corrected chi connectivity index (χ0v) is 15.7. The Labute approximate surface area is 163 Å². The van der Waals surface area contributed by atoms with Crippen LogP contribution in [0.3, 0.4) is 0 Å². The van der Waals surface area contributed by atoms with Crippen molar-refractivity contribution in [1.29, 1.82) is 0 Å². The predicted octanol–water partition coefficient (Wildman–Crippen LogP) is 3.03. The normalized spacial score (nSPS) is 11.5. The Morgan fingerprint density at radius 2 is 1.82 bits per heavy atom. The number of benzene rings is 1. The van der Waals surface area contributed by atoms with Gasteiger partial charge in [-0.3, -0.25) is 9.78 Å². The van der Waals surface area contributed by atoms with Crippen LogP contribution in [0, 0.1) is 0 Å². The zero-order chi connectivity index (χ0) is 19.9. The van der Waals surface area contributed by atoms with Crippen molar-refractivity contribution in [3.05, 3.63) is 54.7 Å². The van der Waals surface area contributed by atoms with E-state index in [4.69, 9.17) is 0 Å². The fraction of sp³-hybridized carbons (Fsp3) is 0.200. The predicted molar refractivity (Wildman–Crippen MR) is 109 cm³/mol. The number of pyridine rings is 1. The third kappa shape index (κ3) is 5.24. The van der Waals surface area contributed by atoms with Crippen LogP contribution in [0.2, 0.25) is 0 Å². The average molecular weight is 378 g/mol. The first-order chi connectivity index (χ1) is 13.5. The molecule has 1 amide bonds. The van der Waals surface area contributed by atoms with Crippen LogP contribution in [0.4, 0.5) is 23.1 Å². The van der Waals surface area contributed by atoms with Crippen LogP contribution < -0.4 is 16.0 Å². The third-order valence-electron chi connectivity index (χ3n) is 3.78. The smallest absolute Gasteiger partial charge is 0.225 e. The molecule has 3 rings (SSSR count). The molecule has 28 heavy (non-hydrogen) atoms. The van der Waals surface area contributed by atoms with E-state index in [9.17, 15) is 9.90 Å². The molecule has 1 atom stereocenters. The summed E-state index contributed by atoms with van der Waals surface area (Å²) >= 11 is 0. The first-order valence-corrected chi connectivity index (χ1v) is 8.86. The van der Waals surface area contributed by atoms with Gasteiger partial charge in [-0.05, 0) is 43.3 Å². The fourth-order valence-electron chi connectivity index (χ4n) is 2.48. The largest absolute Gasteiger partial charge is 0.394 e. The molecule has 0 aliphatic carbocycles. The maximum absolute atomic E-state index is 11.1. The van der Waals surface area contributed by atoms with Crippen molar-refractivity contribution in [1.82, 2.24) is 15.0 Å². The Morgan fingerprint density at radius 3 is 2.46 bits per heavy atom. The van der Waals surface area contributed by atoms with Gasteiger partial charge in [-0.1, -0.05) is 6.07 Å². The van der Waals surface area contributed by atoms with Crippen molar-refractivity contribution in [3.8, 4) is 11.4 Å². The van der Waals surface area contributed by atoms with E-state index in [-0.39, 0.29) is 18.6 Å². The van der Waals surface area contributed by atoms with Crippen LogP contribution in [0.5, 0.6) is 0 Å². The van der Waals surface area contributed by atoms with E-state index in [1.807, 2.05) is 37.3 Å². The van der Waals surface area contributed by atoms with Gasteiger partial charge in [0.15, 0.2) is 0 Å². The molecule has 2 aromatic heterocycles. The lowest BCUT2D eigenvalue weighted by Crippen LogP contribution is -2.21. The molecule has 0 saturated heterocycles. The van der Waals surface area contributed by atoms with Gasteiger partial charge >= 0.3 is 0 Å². The topological polar surface area (TPSA) is 112 Å². The highest BCUT2D eigenvalue weighted by atomic mass is 16.3. The van der Waals surface area contributed by atoms with Gasteiger partial charge in [0.2, 0.25) is 11.9 Å². The van der Waals surface area contributed by atoms with Crippen LogP contribution in [0.1, 0.15) is 13.8 Å². The maximum Gasteiger partial charge on any atom is 0.225 e. The van der Waals surface area contributed by atoms with Gasteiger partial charge in [-0.2, -0.15) is 4.98 Å². The van der Waals surface area contributed by atoms with E-state index in [1.54, 1.807) is 24.4 Å². The number of carbonyl (C=O) groups is 1. The number of amides is 1. The summed E-state index contributed by atoms with van der Waals surface area (Å²) in [5.41, 5.74) is 2.89. The summed E-state index contributed by atoms with van der Waals surface area (Å²) in [7, 11) is 0. The molecule has 0 bridgehead atoms. The number of hydrogen-bond acceptors (Lipinski definition) is 7. The number of nitrogens with zero attached hydrogens (tertiary/aromatic N) is 3. The summed E-state index contributed by atoms with van der Waals surface area (Å²) in [6, 6.07) is 14.5. The van der Waals surface area contributed by atoms with E-state index in [2.05, 4.69) is 30.9 Å². The van der Waals surface area contributed by atoms with Crippen LogP contribution in [-0.2, 0) is 4.79 Å². The summed E-state index contributed by atoms with van der Waals surface area (Å²) in [5, 5.41) is 18.3. The average Bonchev–Trinajstić information content (AvgIpc) is 2.69. The minimum absolute atomic E-state index is 0.0372. The Bertz CT molecular complexity index is 931. The molecule has 0 unspecified atom stereocenters. The quantitative estimate of drug-likeness (QED) is 0.500. The van der Waals surface area contributed by atoms with Gasteiger partial charge in [0.25, 0.3) is 0 Å². The summed E-state index contributed by atoms with van der Waals surface area (Å²) in [5.74, 6) is 0.850. The van der Waals surface area contributed by atoms with Crippen LogP contribution in [-0.4, -0.2) is 38.6 Å². The van der Waals surface area contributed by atoms with Crippen molar-refractivity contribution in [2.45, 2.75) is 19.9 Å². The van der Waals surface area contributed by atoms with Crippen LogP contribution in [0.25, 0.3) is 11.4 Å². The second kappa shape index (κ2) is 8.92. The van der Waals surface area contributed by atoms with Gasteiger partial charge < -0.3 is 21.1 Å². The lowest BCUT2D eigenvalue weighted by molar-refractivity contribution is -0.114. The molecular weight excluding hydrogens is 356 g/mol. The first kappa shape index (κ1) is 19.2. The summed E-state index contributed by atoms with van der Waals surface area (Å²) in [4.78, 5) is 24.4. The number of hydrogen-bond donors (Lipinski definition) is 4. The molecule has 8 heteroatoms. The minimum atomic E-state index is -0.191. The molecule has 0 aliphatic rings. The number of carbonyl (C=O) groups excluding carboxylic acids is 1. The number of aromatic nitrogens is 3. The van der Waals surface area contributed by atoms with E-state index >= 15 is 0 Å². The molecule has 4 N–H and O–H groups in total. The second-order valence-corrected chi connectivity index (χ2v) is 6.29. The van der Waals surface area contributed by atoms with Gasteiger partial charge in [0, 0.05) is 36.6 Å². The van der Waals surface area contributed by atoms with Crippen molar-refractivity contribution in [2.75, 3.05) is 22.6 Å². The van der Waals surface area contributed by atoms with Gasteiger partial charge in [0.05, 0.1) is 18.0 Å². The highest BCUT2D eigenvalue weighted by Gasteiger charge is 2.10. The summed E-state index contributed by atoms with van der Waals surface area (Å²) < 4.78 is 0. The number of rotatable bonds is 7. The summed E-state index contributed by atoms with van der Waals surface area (Å²) in [6.07, 6.45) is 1.70. The van der Waals surface area contributed by atoms with Gasteiger partial charge in [0.1, 0.15) is 5.82 Å². The van der Waals surface area contributed by atoms with E-state index in [0.29, 0.717) is 28.8 Å². The molecule has 144 valence electrons. The van der Waals surface area contributed by atoms with Crippen molar-refractivity contribution in [3.63, 3.8) is 0 Å². The number of aliphatic hydroxyl groups excluding tert-OH is 1. The van der Waals surface area contributed by atoms with Crippen molar-refractivity contribution >= 4 is 29.0 Å². The van der Waals surface area contributed by atoms with Crippen LogP contribution in [0.15, 0.2) is 54.7 Å². The molecule has 0 radical (unpaired) electrons. The Kier molecular flexibility index (Phi) is 6.13. The minimum Gasteiger partial charge on any atom is -0.394 e. The monoisotopic (exact) mass is 378 g/mol. The third-order valence-corrected chi connectivity index (χ3v) is 3.78. The van der Waals surface area contributed by atoms with E-state index in [0.717, 1.165) is 5.69 Å². The SMILES string of the molecule is CC(=O)Nc1ccc(Nc2cc(-c3ccccn3)nc(N[C@H](C)CO)n2)cc1. The van der Waals surface area contributed by atoms with Crippen LogP contribution >= 0.6 is 0 Å². The molecule has 1 aromatic carbocycles. The highest BCUT2D eigenvalue weighted by Crippen LogP contribution is 2.23. The fourth-order valence-corrected chi connectivity index (χ4v) is 2.48. The molecule has 2 heterocycles. The maximum atomic E-state index is 11.1. The van der Waals surface area contributed by atoms with Gasteiger partial charge in [-0.15, -0.1) is 0 Å². The van der Waals surface area contributed by atoms with E-state index in [1.165, 1.54) is 6.92 Å². The Hall–Kier alpha value is -3.52. The standard InChI is InChI=1S/C20H22N6O2/c1-13(12-27)22-20-25-18(17-5-3-4-10-21-17)11-19(26-20)24-16-8-6-15(7-9-16)23-14(2)28/h3-11,13,27H,12H2,1-2H3,(H,23,28)(H2,22,24,25,26)/t13-/m1/s1. The highest BCUT2D eigenvalue weighted by molar-refractivity contribution is 5.88. The first-order valence-electron chi connectivity index (χ1n) is 8.86. The van der Waals surface area contributed by atoms with Crippen molar-refractivity contribution in [2.24, 2.45) is 0 Å². The van der Waals surface area contributed by atoms with Gasteiger partial charge in [-0.25, -0.2) is 4.98 Å². The Morgan fingerprint density at radius 1 is 1.07 bits per heavy atom. The van der Waals surface area contributed by atoms with E-state index < -0.39 is 0 Å². The lowest BCUT2D eigenvalue weighted by Gasteiger charge is -2.14. The molecule has 3 aromatic rings. The lowest BCUT2D eigenvalue weighted by atomic mass is 10.2. The zero-order valence-electron chi connectivity index (χ0n) is 15.7. The molecule has 0 fully saturated rings. The molecular formula is C20H22N6O2. The molecule has 0 spiro atoms. The number of nitrogens with one attached hydrogen (secondary N) is 3. The molecule has 0 saturated carbocycles.